The maximum atomic E-state index is 5.68. The van der Waals surface area contributed by atoms with Gasteiger partial charge in [-0.15, -0.1) is 0 Å². The van der Waals surface area contributed by atoms with Crippen molar-refractivity contribution in [3.63, 3.8) is 0 Å². The van der Waals surface area contributed by atoms with Crippen molar-refractivity contribution >= 4 is 10.9 Å². The van der Waals surface area contributed by atoms with Crippen LogP contribution in [0, 0.1) is 6.92 Å². The maximum Gasteiger partial charge on any atom is 0.163 e. The first-order chi connectivity index (χ1) is 9.65. The van der Waals surface area contributed by atoms with E-state index < -0.39 is 0 Å². The smallest absolute Gasteiger partial charge is 0.163 e. The van der Waals surface area contributed by atoms with E-state index >= 15 is 0 Å². The van der Waals surface area contributed by atoms with E-state index in [1.165, 1.54) is 16.6 Å². The summed E-state index contributed by atoms with van der Waals surface area (Å²) in [5, 5.41) is 4.72. The van der Waals surface area contributed by atoms with Gasteiger partial charge in [0.05, 0.1) is 0 Å². The van der Waals surface area contributed by atoms with Crippen molar-refractivity contribution in [1.29, 1.82) is 0 Å². The highest BCUT2D eigenvalue weighted by molar-refractivity contribution is 5.88. The van der Waals surface area contributed by atoms with E-state index in [4.69, 9.17) is 9.47 Å². The second-order valence-corrected chi connectivity index (χ2v) is 5.63. The number of benzene rings is 1. The van der Waals surface area contributed by atoms with Crippen LogP contribution in [0.4, 0.5) is 0 Å². The van der Waals surface area contributed by atoms with Gasteiger partial charge in [0.25, 0.3) is 0 Å². The molecule has 1 aliphatic heterocycles. The van der Waals surface area contributed by atoms with Gasteiger partial charge in [-0.3, -0.25) is 0 Å². The van der Waals surface area contributed by atoms with Gasteiger partial charge >= 0.3 is 0 Å². The molecule has 1 aliphatic rings. The van der Waals surface area contributed by atoms with Crippen LogP contribution in [0.3, 0.4) is 0 Å². The zero-order valence-corrected chi connectivity index (χ0v) is 12.4. The fraction of sp³-hybridized carbons (Fsp3) is 0.500. The van der Waals surface area contributed by atoms with E-state index in [0.717, 1.165) is 30.0 Å². The van der Waals surface area contributed by atoms with Crippen molar-refractivity contribution in [2.75, 3.05) is 19.8 Å². The summed E-state index contributed by atoms with van der Waals surface area (Å²) in [6, 6.07) is 4.68. The Bertz CT molecular complexity index is 616. The van der Waals surface area contributed by atoms with Crippen LogP contribution in [0.5, 0.6) is 11.5 Å². The number of H-pyrrole nitrogens is 1. The third-order valence-electron chi connectivity index (χ3n) is 3.71. The van der Waals surface area contributed by atoms with Crippen LogP contribution in [-0.2, 0) is 6.42 Å². The molecule has 4 nitrogen and oxygen atoms in total. The summed E-state index contributed by atoms with van der Waals surface area (Å²) < 4.78 is 11.3. The molecule has 3 rings (SSSR count). The molecule has 0 unspecified atom stereocenters. The number of fused-ring (bicyclic) bond motifs is 2. The Morgan fingerprint density at radius 3 is 2.60 bits per heavy atom. The van der Waals surface area contributed by atoms with Gasteiger partial charge in [-0.1, -0.05) is 13.8 Å². The van der Waals surface area contributed by atoms with Crippen LogP contribution in [-0.4, -0.2) is 30.8 Å². The first-order valence-electron chi connectivity index (χ1n) is 7.29. The molecule has 2 N–H and O–H groups in total. The first kappa shape index (κ1) is 13.3. The topological polar surface area (TPSA) is 46.3 Å². The number of aromatic nitrogens is 1. The predicted molar refractivity (Wildman–Crippen MR) is 80.9 cm³/mol. The summed E-state index contributed by atoms with van der Waals surface area (Å²) >= 11 is 0. The minimum absolute atomic E-state index is 0.519. The normalized spacial score (nSPS) is 14.2. The summed E-state index contributed by atoms with van der Waals surface area (Å²) in [5.74, 6) is 1.71. The Labute approximate surface area is 119 Å². The SMILES string of the molecule is Cc1[nH]c2cc3c(cc2c1CCNC(C)C)OCCO3. The summed E-state index contributed by atoms with van der Waals surface area (Å²) in [5.41, 5.74) is 3.73. The van der Waals surface area contributed by atoms with Crippen molar-refractivity contribution in [3.05, 3.63) is 23.4 Å². The van der Waals surface area contributed by atoms with Gasteiger partial charge in [0.15, 0.2) is 11.5 Å². The highest BCUT2D eigenvalue weighted by Crippen LogP contribution is 2.36. The molecule has 0 bridgehead atoms. The molecule has 0 radical (unpaired) electrons. The van der Waals surface area contributed by atoms with Crippen LogP contribution in [0.2, 0.25) is 0 Å². The average molecular weight is 274 g/mol. The molecule has 0 atom stereocenters. The minimum atomic E-state index is 0.519. The van der Waals surface area contributed by atoms with Crippen molar-refractivity contribution in [1.82, 2.24) is 10.3 Å². The molecule has 4 heteroatoms. The third-order valence-corrected chi connectivity index (χ3v) is 3.71. The Morgan fingerprint density at radius 2 is 1.90 bits per heavy atom. The van der Waals surface area contributed by atoms with E-state index in [2.05, 4.69) is 43.2 Å². The molecule has 108 valence electrons. The molecule has 0 saturated heterocycles. The largest absolute Gasteiger partial charge is 0.486 e. The molecular weight excluding hydrogens is 252 g/mol. The molecule has 1 aromatic heterocycles. The van der Waals surface area contributed by atoms with Crippen LogP contribution in [0.15, 0.2) is 12.1 Å². The Hall–Kier alpha value is -1.68. The van der Waals surface area contributed by atoms with Gasteiger partial charge in [0.2, 0.25) is 0 Å². The van der Waals surface area contributed by atoms with Gasteiger partial charge in [0, 0.05) is 28.7 Å². The standard InChI is InChI=1S/C16H22N2O2/c1-10(2)17-5-4-12-11(3)18-14-9-16-15(8-13(12)14)19-6-7-20-16/h8-10,17-18H,4-7H2,1-3H3. The van der Waals surface area contributed by atoms with Crippen molar-refractivity contribution < 1.29 is 9.47 Å². The summed E-state index contributed by atoms with van der Waals surface area (Å²) in [6.07, 6.45) is 1.02. The first-order valence-corrected chi connectivity index (χ1v) is 7.29. The fourth-order valence-corrected chi connectivity index (χ4v) is 2.73. The molecular formula is C16H22N2O2. The molecule has 1 aromatic carbocycles. The molecule has 2 aromatic rings. The molecule has 20 heavy (non-hydrogen) atoms. The van der Waals surface area contributed by atoms with Crippen LogP contribution >= 0.6 is 0 Å². The van der Waals surface area contributed by atoms with Crippen LogP contribution < -0.4 is 14.8 Å². The Kier molecular flexibility index (Phi) is 3.57. The molecule has 0 spiro atoms. The number of hydrogen-bond donors (Lipinski definition) is 2. The maximum absolute atomic E-state index is 5.68. The third kappa shape index (κ3) is 2.48. The Morgan fingerprint density at radius 1 is 1.20 bits per heavy atom. The zero-order valence-electron chi connectivity index (χ0n) is 12.4. The monoisotopic (exact) mass is 274 g/mol. The molecule has 0 amide bonds. The van der Waals surface area contributed by atoms with E-state index in [9.17, 15) is 0 Å². The number of rotatable bonds is 4. The van der Waals surface area contributed by atoms with E-state index in [1.807, 2.05) is 0 Å². The van der Waals surface area contributed by atoms with Gasteiger partial charge < -0.3 is 19.8 Å². The zero-order chi connectivity index (χ0) is 14.1. The fourth-order valence-electron chi connectivity index (χ4n) is 2.73. The summed E-state index contributed by atoms with van der Waals surface area (Å²) in [7, 11) is 0. The van der Waals surface area contributed by atoms with Crippen LogP contribution in [0.1, 0.15) is 25.1 Å². The summed E-state index contributed by atoms with van der Waals surface area (Å²) in [4.78, 5) is 3.45. The predicted octanol–water partition coefficient (Wildman–Crippen LogP) is 2.79. The van der Waals surface area contributed by atoms with Gasteiger partial charge in [-0.05, 0) is 31.5 Å². The lowest BCUT2D eigenvalue weighted by Crippen LogP contribution is -2.25. The average Bonchev–Trinajstić information content (AvgIpc) is 2.71. The lowest BCUT2D eigenvalue weighted by Gasteiger charge is -2.18. The summed E-state index contributed by atoms with van der Waals surface area (Å²) in [6.45, 7) is 8.72. The number of aromatic amines is 1. The Balaban J connectivity index is 1.93. The van der Waals surface area contributed by atoms with Crippen molar-refractivity contribution in [2.45, 2.75) is 33.2 Å². The quantitative estimate of drug-likeness (QED) is 0.901. The highest BCUT2D eigenvalue weighted by Gasteiger charge is 2.16. The van der Waals surface area contributed by atoms with Crippen molar-refractivity contribution in [3.8, 4) is 11.5 Å². The number of hydrogen-bond acceptors (Lipinski definition) is 3. The number of nitrogens with one attached hydrogen (secondary N) is 2. The van der Waals surface area contributed by atoms with Crippen LogP contribution in [0.25, 0.3) is 10.9 Å². The molecule has 0 aliphatic carbocycles. The van der Waals surface area contributed by atoms with E-state index in [1.54, 1.807) is 0 Å². The van der Waals surface area contributed by atoms with Gasteiger partial charge in [0.1, 0.15) is 13.2 Å². The number of ether oxygens (including phenoxy) is 2. The highest BCUT2D eigenvalue weighted by atomic mass is 16.6. The number of aryl methyl sites for hydroxylation is 1. The lowest BCUT2D eigenvalue weighted by atomic mass is 10.1. The van der Waals surface area contributed by atoms with Gasteiger partial charge in [-0.25, -0.2) is 0 Å². The molecule has 0 saturated carbocycles. The minimum Gasteiger partial charge on any atom is -0.486 e. The van der Waals surface area contributed by atoms with Crippen molar-refractivity contribution in [2.24, 2.45) is 0 Å². The second-order valence-electron chi connectivity index (χ2n) is 5.63. The van der Waals surface area contributed by atoms with E-state index in [0.29, 0.717) is 19.3 Å². The lowest BCUT2D eigenvalue weighted by molar-refractivity contribution is 0.172. The second kappa shape index (κ2) is 5.37. The van der Waals surface area contributed by atoms with Gasteiger partial charge in [-0.2, -0.15) is 0 Å². The molecule has 0 fully saturated rings. The molecule has 2 heterocycles. The van der Waals surface area contributed by atoms with E-state index in [-0.39, 0.29) is 0 Å².